The quantitative estimate of drug-likeness (QED) is 0.274. The molecule has 0 bridgehead atoms. The summed E-state index contributed by atoms with van der Waals surface area (Å²) < 4.78 is 0. The number of aromatic hydroxyl groups is 1. The van der Waals surface area contributed by atoms with Gasteiger partial charge in [0.1, 0.15) is 5.75 Å². The molecule has 0 fully saturated rings. The summed E-state index contributed by atoms with van der Waals surface area (Å²) in [6.07, 6.45) is 0. The highest BCUT2D eigenvalue weighted by atomic mass is 32.1. The second kappa shape index (κ2) is 7.72. The molecule has 0 aliphatic carbocycles. The number of hydrogen-bond donors (Lipinski definition) is 3. The summed E-state index contributed by atoms with van der Waals surface area (Å²) in [5.74, 6) is 0.208. The van der Waals surface area contributed by atoms with Crippen molar-refractivity contribution in [2.24, 2.45) is 21.7 Å². The van der Waals surface area contributed by atoms with E-state index < -0.39 is 0 Å². The van der Waals surface area contributed by atoms with Crippen molar-refractivity contribution >= 4 is 23.3 Å². The number of hydrogen-bond acceptors (Lipinski definition) is 4. The van der Waals surface area contributed by atoms with Crippen LogP contribution in [0, 0.1) is 0 Å². The highest BCUT2D eigenvalue weighted by Crippen LogP contribution is 2.02. The summed E-state index contributed by atoms with van der Waals surface area (Å²) in [7, 11) is 0. The molecule has 0 aliphatic rings. The highest BCUT2D eigenvalue weighted by molar-refractivity contribution is 7.78. The number of thiocarbonyl (C=S) groups is 1. The number of isothiocyanates is 1. The van der Waals surface area contributed by atoms with E-state index in [0.29, 0.717) is 5.75 Å². The van der Waals surface area contributed by atoms with Crippen molar-refractivity contribution < 1.29 is 5.11 Å². The first-order chi connectivity index (χ1) is 6.66. The maximum atomic E-state index is 8.63. The van der Waals surface area contributed by atoms with E-state index in [1.807, 2.05) is 11.2 Å². The Morgan fingerprint density at radius 3 is 2.07 bits per heavy atom. The molecule has 0 radical (unpaired) electrons. The normalized spacial score (nSPS) is 7.43. The SMILES string of the molecule is NC(N)=NN=C=S.Oc1ccccc1. The number of phenolic OH excluding ortho intramolecular Hbond substituents is 1. The van der Waals surface area contributed by atoms with Crippen LogP contribution in [0.5, 0.6) is 5.75 Å². The van der Waals surface area contributed by atoms with E-state index in [1.54, 1.807) is 24.3 Å². The van der Waals surface area contributed by atoms with Crippen molar-refractivity contribution in [1.82, 2.24) is 0 Å². The van der Waals surface area contributed by atoms with Gasteiger partial charge in [-0.1, -0.05) is 23.3 Å². The number of nitrogens with two attached hydrogens (primary N) is 2. The second-order valence-electron chi connectivity index (χ2n) is 2.05. The zero-order chi connectivity index (χ0) is 10.8. The fourth-order valence-electron chi connectivity index (χ4n) is 0.506. The average molecular weight is 210 g/mol. The molecular formula is C8H10N4OS. The van der Waals surface area contributed by atoms with Crippen molar-refractivity contribution in [3.05, 3.63) is 30.3 Å². The van der Waals surface area contributed by atoms with Gasteiger partial charge in [0.25, 0.3) is 0 Å². The Balaban J connectivity index is 0.000000241. The van der Waals surface area contributed by atoms with Gasteiger partial charge in [-0.2, -0.15) is 0 Å². The van der Waals surface area contributed by atoms with Crippen molar-refractivity contribution in [2.75, 3.05) is 0 Å². The third-order valence-corrected chi connectivity index (χ3v) is 1.04. The van der Waals surface area contributed by atoms with E-state index in [0.717, 1.165) is 0 Å². The van der Waals surface area contributed by atoms with Gasteiger partial charge in [0.2, 0.25) is 5.96 Å². The third-order valence-electron chi connectivity index (χ3n) is 0.962. The van der Waals surface area contributed by atoms with Crippen LogP contribution < -0.4 is 11.5 Å². The standard InChI is InChI=1S/C6H6O.C2H4N4S/c7-6-4-2-1-3-5-6;3-2(4)6-5-1-7/h1-5,7H;(H4,3,4,6). The lowest BCUT2D eigenvalue weighted by Gasteiger charge is -1.82. The molecule has 0 amide bonds. The van der Waals surface area contributed by atoms with Crippen LogP contribution in [0.15, 0.2) is 40.5 Å². The average Bonchev–Trinajstić information content (AvgIpc) is 2.17. The number of rotatable bonds is 1. The van der Waals surface area contributed by atoms with Crippen LogP contribution in [-0.4, -0.2) is 16.2 Å². The number of guanidine groups is 1. The Kier molecular flexibility index (Phi) is 6.67. The Morgan fingerprint density at radius 2 is 1.86 bits per heavy atom. The van der Waals surface area contributed by atoms with Crippen LogP contribution in [0.2, 0.25) is 0 Å². The number of para-hydroxylation sites is 1. The largest absolute Gasteiger partial charge is 0.508 e. The lowest BCUT2D eigenvalue weighted by Crippen LogP contribution is -2.21. The van der Waals surface area contributed by atoms with Gasteiger partial charge in [-0.05, 0) is 24.4 Å². The number of nitrogens with zero attached hydrogens (tertiary/aromatic N) is 2. The topological polar surface area (TPSA) is 97.0 Å². The summed E-state index contributed by atoms with van der Waals surface area (Å²) in [4.78, 5) is 0. The molecule has 74 valence electrons. The molecular weight excluding hydrogens is 200 g/mol. The Labute approximate surface area is 86.8 Å². The minimum absolute atomic E-state index is 0.114. The maximum absolute atomic E-state index is 8.63. The molecule has 14 heavy (non-hydrogen) atoms. The van der Waals surface area contributed by atoms with Crippen LogP contribution in [0.1, 0.15) is 0 Å². The molecule has 5 N–H and O–H groups in total. The van der Waals surface area contributed by atoms with Gasteiger partial charge in [0.05, 0.1) is 5.16 Å². The molecule has 0 spiro atoms. The van der Waals surface area contributed by atoms with Gasteiger partial charge in [0.15, 0.2) is 0 Å². The van der Waals surface area contributed by atoms with Gasteiger partial charge in [-0.3, -0.25) is 0 Å². The van der Waals surface area contributed by atoms with E-state index >= 15 is 0 Å². The van der Waals surface area contributed by atoms with Gasteiger partial charge in [0, 0.05) is 0 Å². The molecule has 5 nitrogen and oxygen atoms in total. The fourth-order valence-corrected chi connectivity index (χ4v) is 0.547. The van der Waals surface area contributed by atoms with Gasteiger partial charge in [-0.25, -0.2) is 0 Å². The molecule has 6 heteroatoms. The Morgan fingerprint density at radius 1 is 1.29 bits per heavy atom. The lowest BCUT2D eigenvalue weighted by molar-refractivity contribution is 0.475. The van der Waals surface area contributed by atoms with Crippen molar-refractivity contribution in [1.29, 1.82) is 0 Å². The summed E-state index contributed by atoms with van der Waals surface area (Å²) in [6, 6.07) is 8.71. The third kappa shape index (κ3) is 8.19. The first kappa shape index (κ1) is 12.1. The molecule has 1 rings (SSSR count). The van der Waals surface area contributed by atoms with Gasteiger partial charge < -0.3 is 16.6 Å². The first-order valence-electron chi connectivity index (χ1n) is 3.56. The molecule has 0 saturated carbocycles. The van der Waals surface area contributed by atoms with E-state index in [9.17, 15) is 0 Å². The summed E-state index contributed by atoms with van der Waals surface area (Å²) in [6.45, 7) is 0. The van der Waals surface area contributed by atoms with E-state index in [-0.39, 0.29) is 5.96 Å². The molecule has 0 heterocycles. The van der Waals surface area contributed by atoms with E-state index in [4.69, 9.17) is 16.6 Å². The molecule has 0 aliphatic heterocycles. The summed E-state index contributed by atoms with van der Waals surface area (Å²) in [5, 5.41) is 16.8. The Hall–Kier alpha value is -1.91. The first-order valence-corrected chi connectivity index (χ1v) is 3.97. The fraction of sp³-hybridized carbons (Fsp3) is 0. The van der Waals surface area contributed by atoms with Crippen LogP contribution in [0.4, 0.5) is 0 Å². The predicted octanol–water partition coefficient (Wildman–Crippen LogP) is 0.670. The Bertz CT molecular complexity index is 328. The molecule has 0 aromatic heterocycles. The minimum Gasteiger partial charge on any atom is -0.508 e. The molecule has 0 atom stereocenters. The molecule has 0 saturated heterocycles. The zero-order valence-corrected chi connectivity index (χ0v) is 8.11. The number of benzene rings is 1. The number of phenols is 1. The van der Waals surface area contributed by atoms with E-state index in [2.05, 4.69) is 22.4 Å². The van der Waals surface area contributed by atoms with Crippen LogP contribution in [-0.2, 0) is 0 Å². The molecule has 1 aromatic carbocycles. The smallest absolute Gasteiger partial charge is 0.212 e. The van der Waals surface area contributed by atoms with Gasteiger partial charge in [-0.15, -0.1) is 5.10 Å². The maximum Gasteiger partial charge on any atom is 0.212 e. The molecule has 0 unspecified atom stereocenters. The zero-order valence-electron chi connectivity index (χ0n) is 7.29. The van der Waals surface area contributed by atoms with Crippen LogP contribution in [0.3, 0.4) is 0 Å². The summed E-state index contributed by atoms with van der Waals surface area (Å²) in [5.41, 5.74) is 9.65. The van der Waals surface area contributed by atoms with Crippen LogP contribution in [0.25, 0.3) is 0 Å². The summed E-state index contributed by atoms with van der Waals surface area (Å²) >= 11 is 4.14. The minimum atomic E-state index is -0.114. The monoisotopic (exact) mass is 210 g/mol. The van der Waals surface area contributed by atoms with E-state index in [1.165, 1.54) is 0 Å². The predicted molar refractivity (Wildman–Crippen MR) is 58.9 cm³/mol. The van der Waals surface area contributed by atoms with Crippen molar-refractivity contribution in [3.8, 4) is 5.75 Å². The molecule has 1 aromatic rings. The van der Waals surface area contributed by atoms with Crippen molar-refractivity contribution in [3.63, 3.8) is 0 Å². The highest BCUT2D eigenvalue weighted by Gasteiger charge is 1.74. The van der Waals surface area contributed by atoms with Crippen molar-refractivity contribution in [2.45, 2.75) is 0 Å². The van der Waals surface area contributed by atoms with Crippen LogP contribution >= 0.6 is 12.2 Å². The lowest BCUT2D eigenvalue weighted by atomic mass is 10.3. The second-order valence-corrected chi connectivity index (χ2v) is 2.23. The van der Waals surface area contributed by atoms with Gasteiger partial charge >= 0.3 is 0 Å².